The molecule has 0 saturated carbocycles. The van der Waals surface area contributed by atoms with Crippen LogP contribution in [-0.4, -0.2) is 36.1 Å². The number of ether oxygens (including phenoxy) is 2. The van der Waals surface area contributed by atoms with E-state index in [2.05, 4.69) is 39.8 Å². The van der Waals surface area contributed by atoms with Gasteiger partial charge in [-0.25, -0.2) is 9.97 Å². The van der Waals surface area contributed by atoms with Crippen LogP contribution >= 0.6 is 0 Å². The van der Waals surface area contributed by atoms with Crippen molar-refractivity contribution in [3.8, 4) is 0 Å². The average molecular weight is 649 g/mol. The smallest absolute Gasteiger partial charge is 0.657 e. The second-order valence-electron chi connectivity index (χ2n) is 11.4. The normalized spacial score (nSPS) is 12.8. The number of fused-ring (bicyclic) bond motifs is 8. The molecule has 8 bridgehead atoms. The van der Waals surface area contributed by atoms with E-state index in [1.165, 1.54) is 25.4 Å². The van der Waals surface area contributed by atoms with Gasteiger partial charge in [-0.1, -0.05) is 60.4 Å². The standard InChI is InChI=1S/C36H40N4O4.Fe/c1-9-23-19(3)27-15-28-21(5)25(11-13-35(41)43-7)33(39-28)18-34-26(12-14-36(42)44-8)22(6)30(40-34)17-32-24(10-2)20(4)29(38-32)16-31(23)37-27;/h15-18H,9-14H2,1-8H3;/q-2;+2. The summed E-state index contributed by atoms with van der Waals surface area (Å²) in [5.74, 6) is -0.550. The first-order valence-corrected chi connectivity index (χ1v) is 15.3. The van der Waals surface area contributed by atoms with Crippen LogP contribution < -0.4 is 9.97 Å². The molecule has 9 heteroatoms. The molecule has 5 rings (SSSR count). The van der Waals surface area contributed by atoms with Gasteiger partial charge < -0.3 is 19.4 Å². The molecule has 2 aliphatic heterocycles. The van der Waals surface area contributed by atoms with Crippen LogP contribution in [-0.2, 0) is 49.0 Å². The number of rotatable bonds is 8. The van der Waals surface area contributed by atoms with Crippen molar-refractivity contribution >= 4 is 56.3 Å². The van der Waals surface area contributed by atoms with Crippen molar-refractivity contribution < 1.29 is 36.1 Å². The molecule has 0 N–H and O–H groups in total. The third kappa shape index (κ3) is 6.56. The number of allylic oxidation sites excluding steroid dienone is 4. The summed E-state index contributed by atoms with van der Waals surface area (Å²) in [6.45, 7) is 12.6. The third-order valence-electron chi connectivity index (χ3n) is 8.96. The number of esters is 2. The van der Waals surface area contributed by atoms with Gasteiger partial charge in [0.1, 0.15) is 0 Å². The average Bonchev–Trinajstić information content (AvgIpc) is 3.67. The second kappa shape index (κ2) is 14.0. The van der Waals surface area contributed by atoms with Gasteiger partial charge in [0.25, 0.3) is 0 Å². The summed E-state index contributed by atoms with van der Waals surface area (Å²) >= 11 is 0. The van der Waals surface area contributed by atoms with Crippen LogP contribution in [0.25, 0.3) is 44.4 Å². The molecule has 5 heterocycles. The first kappa shape index (κ1) is 33.9. The Morgan fingerprint density at radius 2 is 1.07 bits per heavy atom. The van der Waals surface area contributed by atoms with E-state index in [1.54, 1.807) is 0 Å². The van der Waals surface area contributed by atoms with E-state index in [4.69, 9.17) is 29.4 Å². The van der Waals surface area contributed by atoms with Gasteiger partial charge in [0, 0.05) is 12.8 Å². The fourth-order valence-corrected chi connectivity index (χ4v) is 6.25. The van der Waals surface area contributed by atoms with Gasteiger partial charge in [-0.3, -0.25) is 9.59 Å². The minimum absolute atomic E-state index is 0. The maximum Gasteiger partial charge on any atom is 2.00 e. The van der Waals surface area contributed by atoms with E-state index < -0.39 is 0 Å². The third-order valence-corrected chi connectivity index (χ3v) is 8.96. The molecule has 0 spiro atoms. The van der Waals surface area contributed by atoms with Crippen LogP contribution in [0.4, 0.5) is 0 Å². The molecule has 0 atom stereocenters. The van der Waals surface area contributed by atoms with Crippen molar-refractivity contribution in [1.82, 2.24) is 19.9 Å². The molecule has 45 heavy (non-hydrogen) atoms. The fraction of sp³-hybridized carbons (Fsp3) is 0.389. The minimum atomic E-state index is -0.275. The number of aromatic nitrogens is 4. The zero-order chi connectivity index (χ0) is 31.7. The number of hydrogen-bond donors (Lipinski definition) is 0. The maximum absolute atomic E-state index is 12.2. The van der Waals surface area contributed by atoms with E-state index in [-0.39, 0.29) is 41.8 Å². The Balaban J connectivity index is 0.00000461. The second-order valence-corrected chi connectivity index (χ2v) is 11.4. The molecular weight excluding hydrogens is 608 g/mol. The molecule has 0 saturated heterocycles. The summed E-state index contributed by atoms with van der Waals surface area (Å²) in [7, 11) is 2.80. The minimum Gasteiger partial charge on any atom is -0.657 e. The number of nitrogens with zero attached hydrogens (tertiary/aromatic N) is 4. The Morgan fingerprint density at radius 3 is 1.62 bits per heavy atom. The van der Waals surface area contributed by atoms with Gasteiger partial charge in [0.15, 0.2) is 0 Å². The van der Waals surface area contributed by atoms with Gasteiger partial charge in [-0.2, -0.15) is 0 Å². The molecule has 3 aromatic rings. The fourth-order valence-electron chi connectivity index (χ4n) is 6.25. The molecule has 236 valence electrons. The summed E-state index contributed by atoms with van der Waals surface area (Å²) in [5, 5.41) is 0. The Bertz CT molecular complexity index is 1890. The van der Waals surface area contributed by atoms with Gasteiger partial charge >= 0.3 is 29.0 Å². The summed E-state index contributed by atoms with van der Waals surface area (Å²) in [6, 6.07) is 8.19. The van der Waals surface area contributed by atoms with E-state index in [0.717, 1.165) is 91.1 Å². The van der Waals surface area contributed by atoms with Crippen molar-refractivity contribution in [3.05, 3.63) is 69.3 Å². The van der Waals surface area contributed by atoms with Crippen molar-refractivity contribution in [2.24, 2.45) is 0 Å². The number of carbonyl (C=O) groups excluding carboxylic acids is 2. The predicted molar refractivity (Wildman–Crippen MR) is 175 cm³/mol. The zero-order valence-corrected chi connectivity index (χ0v) is 28.4. The number of methoxy groups -OCH3 is 2. The summed E-state index contributed by atoms with van der Waals surface area (Å²) in [5.41, 5.74) is 15.3. The van der Waals surface area contributed by atoms with Crippen LogP contribution in [0.2, 0.25) is 0 Å². The Kier molecular flexibility index (Phi) is 10.6. The molecule has 2 aliphatic rings. The molecule has 0 fully saturated rings. The van der Waals surface area contributed by atoms with Crippen LogP contribution in [0.5, 0.6) is 0 Å². The Morgan fingerprint density at radius 1 is 0.622 bits per heavy atom. The monoisotopic (exact) mass is 648 g/mol. The molecule has 0 aliphatic carbocycles. The maximum atomic E-state index is 12.2. The predicted octanol–water partition coefficient (Wildman–Crippen LogP) is 7.08. The van der Waals surface area contributed by atoms with E-state index in [0.29, 0.717) is 12.8 Å². The van der Waals surface area contributed by atoms with Gasteiger partial charge in [-0.15, -0.1) is 22.1 Å². The first-order valence-electron chi connectivity index (χ1n) is 15.3. The topological polar surface area (TPSA) is 107 Å². The molecule has 8 nitrogen and oxygen atoms in total. The molecule has 0 unspecified atom stereocenters. The SMILES string of the molecule is CCC1=C(C)c2cc3[n-]c(cc4nc(cc5[n-]c(cc1n2)c(C)c5CCC(=O)OC)C(CCC(=O)OC)=C4C)c(C)c3CC.[Fe+2]. The molecular formula is C36H40FeN4O4. The Hall–Kier alpha value is -3.94. The summed E-state index contributed by atoms with van der Waals surface area (Å²) in [4.78, 5) is 44.6. The summed E-state index contributed by atoms with van der Waals surface area (Å²) < 4.78 is 9.89. The van der Waals surface area contributed by atoms with E-state index in [1.807, 2.05) is 26.0 Å². The van der Waals surface area contributed by atoms with Crippen LogP contribution in [0.1, 0.15) is 98.4 Å². The molecule has 0 radical (unpaired) electrons. The largest absolute Gasteiger partial charge is 2.00 e. The zero-order valence-electron chi connectivity index (χ0n) is 27.3. The van der Waals surface area contributed by atoms with E-state index >= 15 is 0 Å². The van der Waals surface area contributed by atoms with Crippen molar-refractivity contribution in [1.29, 1.82) is 0 Å². The van der Waals surface area contributed by atoms with E-state index in [9.17, 15) is 9.59 Å². The Labute approximate surface area is 275 Å². The van der Waals surface area contributed by atoms with Gasteiger partial charge in [0.2, 0.25) is 0 Å². The molecule has 0 amide bonds. The number of aryl methyl sites for hydroxylation is 4. The van der Waals surface area contributed by atoms with Crippen LogP contribution in [0, 0.1) is 13.8 Å². The summed E-state index contributed by atoms with van der Waals surface area (Å²) in [6.07, 6.45) is 3.12. The number of hydrogen-bond acceptors (Lipinski definition) is 6. The van der Waals surface area contributed by atoms with Crippen LogP contribution in [0.15, 0.2) is 24.3 Å². The van der Waals surface area contributed by atoms with Gasteiger partial charge in [-0.05, 0) is 75.7 Å². The molecule has 3 aromatic heterocycles. The van der Waals surface area contributed by atoms with Crippen molar-refractivity contribution in [2.75, 3.05) is 14.2 Å². The van der Waals surface area contributed by atoms with Crippen molar-refractivity contribution in [3.63, 3.8) is 0 Å². The van der Waals surface area contributed by atoms with Crippen LogP contribution in [0.3, 0.4) is 0 Å². The van der Waals surface area contributed by atoms with Gasteiger partial charge in [0.05, 0.1) is 37.0 Å². The first-order chi connectivity index (χ1) is 21.1. The van der Waals surface area contributed by atoms with Crippen molar-refractivity contribution in [2.45, 2.75) is 80.1 Å². The molecule has 0 aromatic carbocycles. The quantitative estimate of drug-likeness (QED) is 0.189. The number of carbonyl (C=O) groups is 2.